The topological polar surface area (TPSA) is 79.2 Å². The summed E-state index contributed by atoms with van der Waals surface area (Å²) in [6.45, 7) is 2.85. The Morgan fingerprint density at radius 2 is 1.93 bits per heavy atom. The molecule has 0 aliphatic carbocycles. The molecule has 6 heteroatoms. The number of carbonyl (C=O) groups excluding carboxylic acids is 1. The van der Waals surface area contributed by atoms with E-state index in [1.54, 1.807) is 12.1 Å². The van der Waals surface area contributed by atoms with Gasteiger partial charge in [-0.2, -0.15) is 5.10 Å². The molecule has 0 radical (unpaired) electrons. The van der Waals surface area contributed by atoms with E-state index in [0.29, 0.717) is 13.1 Å². The second kappa shape index (κ2) is 8.89. The smallest absolute Gasteiger partial charge is 0.315 e. The second-order valence-electron chi connectivity index (χ2n) is 6.46. The molecule has 1 aromatic heterocycles. The van der Waals surface area contributed by atoms with E-state index in [4.69, 9.17) is 0 Å². The molecule has 3 aromatic rings. The van der Waals surface area contributed by atoms with E-state index in [-0.39, 0.29) is 11.8 Å². The number of carbonyl (C=O) groups is 1. The third-order valence-corrected chi connectivity index (χ3v) is 4.30. The van der Waals surface area contributed by atoms with Gasteiger partial charge in [-0.05, 0) is 54.7 Å². The van der Waals surface area contributed by atoms with Crippen LogP contribution in [0.4, 0.5) is 4.79 Å². The van der Waals surface area contributed by atoms with Crippen molar-refractivity contribution in [3.63, 3.8) is 0 Å². The molecule has 6 nitrogen and oxygen atoms in total. The summed E-state index contributed by atoms with van der Waals surface area (Å²) in [7, 11) is 0. The lowest BCUT2D eigenvalue weighted by molar-refractivity contribution is 0.240. The number of aromatic nitrogens is 2. The fourth-order valence-electron chi connectivity index (χ4n) is 2.78. The van der Waals surface area contributed by atoms with Gasteiger partial charge in [0.15, 0.2) is 0 Å². The van der Waals surface area contributed by atoms with E-state index in [2.05, 4.69) is 15.7 Å². The first-order valence-electron chi connectivity index (χ1n) is 9.01. The molecule has 2 amide bonds. The summed E-state index contributed by atoms with van der Waals surface area (Å²) in [5.74, 6) is 0.263. The van der Waals surface area contributed by atoms with E-state index in [9.17, 15) is 9.90 Å². The number of aryl methyl sites for hydroxylation is 2. The van der Waals surface area contributed by atoms with E-state index < -0.39 is 0 Å². The Hall–Kier alpha value is -3.28. The molecule has 0 aliphatic rings. The lowest BCUT2D eigenvalue weighted by Crippen LogP contribution is -2.35. The average Bonchev–Trinajstić information content (AvgIpc) is 3.16. The van der Waals surface area contributed by atoms with Crippen LogP contribution in [0.2, 0.25) is 0 Å². The molecule has 0 unspecified atom stereocenters. The van der Waals surface area contributed by atoms with Gasteiger partial charge in [0, 0.05) is 19.3 Å². The predicted molar refractivity (Wildman–Crippen MR) is 105 cm³/mol. The Morgan fingerprint density at radius 1 is 1.11 bits per heavy atom. The van der Waals surface area contributed by atoms with Gasteiger partial charge < -0.3 is 15.7 Å². The van der Waals surface area contributed by atoms with E-state index in [0.717, 1.165) is 35.2 Å². The van der Waals surface area contributed by atoms with Crippen LogP contribution in [0.3, 0.4) is 0 Å². The maximum atomic E-state index is 11.9. The standard InChI is InChI=1S/C21H24N4O2/c1-16-12-17(9-10-20(16)26)13-23-21(27)22-11-5-6-18-14-24-25(15-18)19-7-3-2-4-8-19/h2-4,7-10,12,14-15,26H,5-6,11,13H2,1H3,(H2,22,23,27). The summed E-state index contributed by atoms with van der Waals surface area (Å²) < 4.78 is 1.86. The molecular formula is C21H24N4O2. The third kappa shape index (κ3) is 5.34. The van der Waals surface area contributed by atoms with Gasteiger partial charge in [0.25, 0.3) is 0 Å². The van der Waals surface area contributed by atoms with E-state index in [1.165, 1.54) is 0 Å². The number of phenols is 1. The van der Waals surface area contributed by atoms with Gasteiger partial charge in [-0.3, -0.25) is 0 Å². The predicted octanol–water partition coefficient (Wildman–Crippen LogP) is 3.32. The number of para-hydroxylation sites is 1. The zero-order valence-electron chi connectivity index (χ0n) is 15.4. The molecule has 3 N–H and O–H groups in total. The summed E-state index contributed by atoms with van der Waals surface area (Å²) in [4.78, 5) is 11.9. The Bertz CT molecular complexity index is 890. The number of nitrogens with one attached hydrogen (secondary N) is 2. The molecule has 0 saturated heterocycles. The highest BCUT2D eigenvalue weighted by Gasteiger charge is 2.04. The van der Waals surface area contributed by atoms with Crippen molar-refractivity contribution >= 4 is 6.03 Å². The van der Waals surface area contributed by atoms with E-state index in [1.807, 2.05) is 60.4 Å². The largest absolute Gasteiger partial charge is 0.508 e. The minimum absolute atomic E-state index is 0.194. The molecule has 0 atom stereocenters. The molecular weight excluding hydrogens is 340 g/mol. The molecule has 2 aromatic carbocycles. The van der Waals surface area contributed by atoms with Crippen LogP contribution in [0.15, 0.2) is 60.9 Å². The van der Waals surface area contributed by atoms with Crippen molar-refractivity contribution < 1.29 is 9.90 Å². The molecule has 0 saturated carbocycles. The van der Waals surface area contributed by atoms with Gasteiger partial charge in [0.2, 0.25) is 0 Å². The SMILES string of the molecule is Cc1cc(CNC(=O)NCCCc2cnn(-c3ccccc3)c2)ccc1O. The van der Waals surface area contributed by atoms with Crippen molar-refractivity contribution in [2.75, 3.05) is 6.54 Å². The maximum Gasteiger partial charge on any atom is 0.315 e. The Labute approximate surface area is 158 Å². The van der Waals surface area contributed by atoms with Crippen molar-refractivity contribution in [1.29, 1.82) is 0 Å². The van der Waals surface area contributed by atoms with E-state index >= 15 is 0 Å². The zero-order chi connectivity index (χ0) is 19.1. The van der Waals surface area contributed by atoms with Gasteiger partial charge in [-0.1, -0.05) is 30.3 Å². The molecule has 3 rings (SSSR count). The highest BCUT2D eigenvalue weighted by atomic mass is 16.3. The summed E-state index contributed by atoms with van der Waals surface area (Å²) in [5, 5.41) is 19.6. The number of hydrogen-bond donors (Lipinski definition) is 3. The van der Waals surface area contributed by atoms with Crippen LogP contribution in [-0.4, -0.2) is 27.5 Å². The highest BCUT2D eigenvalue weighted by molar-refractivity contribution is 5.73. The first-order valence-corrected chi connectivity index (χ1v) is 9.01. The first kappa shape index (κ1) is 18.5. The van der Waals surface area contributed by atoms with Crippen molar-refractivity contribution in [3.8, 4) is 11.4 Å². The Morgan fingerprint density at radius 3 is 2.70 bits per heavy atom. The van der Waals surface area contributed by atoms with Gasteiger partial charge in [-0.25, -0.2) is 9.48 Å². The van der Waals surface area contributed by atoms with Gasteiger partial charge in [-0.15, -0.1) is 0 Å². The fraction of sp³-hybridized carbons (Fsp3) is 0.238. The quantitative estimate of drug-likeness (QED) is 0.563. The summed E-state index contributed by atoms with van der Waals surface area (Å²) in [6.07, 6.45) is 5.57. The molecule has 27 heavy (non-hydrogen) atoms. The number of benzene rings is 2. The Kier molecular flexibility index (Phi) is 6.10. The van der Waals surface area contributed by atoms with Gasteiger partial charge in [0.05, 0.1) is 11.9 Å². The molecule has 0 fully saturated rings. The summed E-state index contributed by atoms with van der Waals surface area (Å²) >= 11 is 0. The molecule has 0 bridgehead atoms. The number of nitrogens with zero attached hydrogens (tertiary/aromatic N) is 2. The zero-order valence-corrected chi connectivity index (χ0v) is 15.4. The number of urea groups is 1. The van der Waals surface area contributed by atoms with Crippen LogP contribution in [0, 0.1) is 6.92 Å². The van der Waals surface area contributed by atoms with Crippen LogP contribution in [0.5, 0.6) is 5.75 Å². The highest BCUT2D eigenvalue weighted by Crippen LogP contribution is 2.16. The van der Waals surface area contributed by atoms with Crippen LogP contribution >= 0.6 is 0 Å². The van der Waals surface area contributed by atoms with Crippen molar-refractivity contribution in [3.05, 3.63) is 77.6 Å². The number of rotatable bonds is 7. The average molecular weight is 364 g/mol. The molecule has 0 aliphatic heterocycles. The lowest BCUT2D eigenvalue weighted by atomic mass is 10.1. The number of amides is 2. The van der Waals surface area contributed by atoms with Gasteiger partial charge >= 0.3 is 6.03 Å². The maximum absolute atomic E-state index is 11.9. The number of hydrogen-bond acceptors (Lipinski definition) is 3. The third-order valence-electron chi connectivity index (χ3n) is 4.30. The molecule has 1 heterocycles. The summed E-state index contributed by atoms with van der Waals surface area (Å²) in [5.41, 5.74) is 3.92. The number of aromatic hydroxyl groups is 1. The van der Waals surface area contributed by atoms with Crippen molar-refractivity contribution in [2.24, 2.45) is 0 Å². The Balaban J connectivity index is 1.37. The fourth-order valence-corrected chi connectivity index (χ4v) is 2.78. The van der Waals surface area contributed by atoms with Crippen molar-refractivity contribution in [2.45, 2.75) is 26.3 Å². The lowest BCUT2D eigenvalue weighted by Gasteiger charge is -2.08. The normalized spacial score (nSPS) is 10.6. The van der Waals surface area contributed by atoms with Crippen molar-refractivity contribution in [1.82, 2.24) is 20.4 Å². The van der Waals surface area contributed by atoms with Gasteiger partial charge in [0.1, 0.15) is 5.75 Å². The molecule has 140 valence electrons. The number of phenolic OH excluding ortho intramolecular Hbond substituents is 1. The van der Waals surface area contributed by atoms with Crippen LogP contribution in [-0.2, 0) is 13.0 Å². The molecule has 0 spiro atoms. The monoisotopic (exact) mass is 364 g/mol. The minimum atomic E-state index is -0.194. The van der Waals surface area contributed by atoms with Crippen LogP contribution < -0.4 is 10.6 Å². The first-order chi connectivity index (χ1) is 13.1. The second-order valence-corrected chi connectivity index (χ2v) is 6.46. The van der Waals surface area contributed by atoms with Crippen LogP contribution in [0.1, 0.15) is 23.1 Å². The summed E-state index contributed by atoms with van der Waals surface area (Å²) in [6, 6.07) is 15.1. The minimum Gasteiger partial charge on any atom is -0.508 e. The van der Waals surface area contributed by atoms with Crippen LogP contribution in [0.25, 0.3) is 5.69 Å².